The van der Waals surface area contributed by atoms with E-state index in [1.807, 2.05) is 18.4 Å². The minimum atomic E-state index is 0.513. The molecule has 122 valence electrons. The van der Waals surface area contributed by atoms with E-state index in [0.717, 1.165) is 18.9 Å². The second kappa shape index (κ2) is 7.18. The number of aryl methyl sites for hydroxylation is 1. The van der Waals surface area contributed by atoms with Gasteiger partial charge in [-0.3, -0.25) is 4.99 Å². The molecule has 3 rings (SSSR count). The Labute approximate surface area is 143 Å². The van der Waals surface area contributed by atoms with Crippen LogP contribution in [0.25, 0.3) is 0 Å². The van der Waals surface area contributed by atoms with Crippen molar-refractivity contribution in [3.05, 3.63) is 57.8 Å². The van der Waals surface area contributed by atoms with Gasteiger partial charge in [0.15, 0.2) is 5.96 Å². The van der Waals surface area contributed by atoms with Gasteiger partial charge in [0.1, 0.15) is 0 Å². The van der Waals surface area contributed by atoms with Crippen molar-refractivity contribution in [2.24, 2.45) is 4.99 Å². The highest BCUT2D eigenvalue weighted by Crippen LogP contribution is 2.42. The molecule has 4 heteroatoms. The lowest BCUT2D eigenvalue weighted by molar-refractivity contribution is 0.485. The van der Waals surface area contributed by atoms with E-state index >= 15 is 0 Å². The fraction of sp³-hybridized carbons (Fsp3) is 0.421. The molecular formula is C19H25N3S. The maximum absolute atomic E-state index is 4.45. The number of thiophene rings is 1. The molecule has 23 heavy (non-hydrogen) atoms. The van der Waals surface area contributed by atoms with E-state index in [1.54, 1.807) is 0 Å². The first-order valence-electron chi connectivity index (χ1n) is 8.21. The zero-order valence-electron chi connectivity index (χ0n) is 14.1. The first-order valence-corrected chi connectivity index (χ1v) is 9.09. The van der Waals surface area contributed by atoms with E-state index in [2.05, 4.69) is 71.0 Å². The Balaban J connectivity index is 1.53. The van der Waals surface area contributed by atoms with Gasteiger partial charge in [0.05, 0.1) is 0 Å². The van der Waals surface area contributed by atoms with Gasteiger partial charge in [-0.25, -0.2) is 0 Å². The number of hydrogen-bond donors (Lipinski definition) is 1. The molecule has 1 aromatic heterocycles. The number of rotatable bonds is 5. The summed E-state index contributed by atoms with van der Waals surface area (Å²) in [6, 6.07) is 13.5. The second-order valence-corrected chi connectivity index (χ2v) is 7.28. The highest BCUT2D eigenvalue weighted by molar-refractivity contribution is 7.09. The van der Waals surface area contributed by atoms with E-state index in [4.69, 9.17) is 0 Å². The van der Waals surface area contributed by atoms with Crippen molar-refractivity contribution >= 4 is 17.3 Å². The largest absolute Gasteiger partial charge is 0.353 e. The maximum Gasteiger partial charge on any atom is 0.193 e. The van der Waals surface area contributed by atoms with Crippen LogP contribution in [-0.2, 0) is 6.42 Å². The SMILES string of the molecule is CN=C(NC1CC1c1ccccc1C)N(C)CCc1cccs1. The van der Waals surface area contributed by atoms with Crippen LogP contribution in [0.15, 0.2) is 46.8 Å². The topological polar surface area (TPSA) is 27.6 Å². The Morgan fingerprint density at radius 1 is 1.30 bits per heavy atom. The molecule has 1 aliphatic rings. The Bertz CT molecular complexity index is 663. The van der Waals surface area contributed by atoms with Crippen molar-refractivity contribution in [1.82, 2.24) is 10.2 Å². The third-order valence-electron chi connectivity index (χ3n) is 4.54. The predicted molar refractivity (Wildman–Crippen MR) is 99.5 cm³/mol. The third-order valence-corrected chi connectivity index (χ3v) is 5.48. The van der Waals surface area contributed by atoms with Gasteiger partial charge in [0.25, 0.3) is 0 Å². The molecule has 1 saturated carbocycles. The summed E-state index contributed by atoms with van der Waals surface area (Å²) in [4.78, 5) is 8.11. The number of aliphatic imine (C=N–C) groups is 1. The fourth-order valence-electron chi connectivity index (χ4n) is 3.05. The summed E-state index contributed by atoms with van der Waals surface area (Å²) in [6.07, 6.45) is 2.27. The number of hydrogen-bond acceptors (Lipinski definition) is 2. The molecule has 2 unspecified atom stereocenters. The highest BCUT2D eigenvalue weighted by Gasteiger charge is 2.40. The molecule has 2 aromatic rings. The molecule has 0 saturated heterocycles. The molecule has 1 heterocycles. The molecule has 0 bridgehead atoms. The van der Waals surface area contributed by atoms with Gasteiger partial charge in [0, 0.05) is 37.5 Å². The number of nitrogens with one attached hydrogen (secondary N) is 1. The summed E-state index contributed by atoms with van der Waals surface area (Å²) in [5, 5.41) is 5.76. The summed E-state index contributed by atoms with van der Waals surface area (Å²) in [5.74, 6) is 1.63. The van der Waals surface area contributed by atoms with Crippen LogP contribution in [-0.4, -0.2) is 37.5 Å². The quantitative estimate of drug-likeness (QED) is 0.670. The van der Waals surface area contributed by atoms with Gasteiger partial charge in [-0.15, -0.1) is 11.3 Å². The van der Waals surface area contributed by atoms with Gasteiger partial charge in [-0.1, -0.05) is 30.3 Å². The van der Waals surface area contributed by atoms with Gasteiger partial charge < -0.3 is 10.2 Å². The maximum atomic E-state index is 4.45. The van der Waals surface area contributed by atoms with Gasteiger partial charge in [0.2, 0.25) is 0 Å². The Morgan fingerprint density at radius 2 is 2.13 bits per heavy atom. The van der Waals surface area contributed by atoms with Gasteiger partial charge in [-0.2, -0.15) is 0 Å². The average Bonchev–Trinajstić information content (AvgIpc) is 3.11. The van der Waals surface area contributed by atoms with Crippen molar-refractivity contribution in [2.45, 2.75) is 31.7 Å². The van der Waals surface area contributed by atoms with Crippen molar-refractivity contribution in [2.75, 3.05) is 20.6 Å². The number of nitrogens with zero attached hydrogens (tertiary/aromatic N) is 2. The molecule has 0 spiro atoms. The lowest BCUT2D eigenvalue weighted by atomic mass is 10.0. The van der Waals surface area contributed by atoms with Crippen molar-refractivity contribution in [3.63, 3.8) is 0 Å². The van der Waals surface area contributed by atoms with Crippen LogP contribution in [0, 0.1) is 6.92 Å². The second-order valence-electron chi connectivity index (χ2n) is 6.25. The van der Waals surface area contributed by atoms with Gasteiger partial charge in [-0.05, 0) is 42.3 Å². The molecule has 0 amide bonds. The summed E-state index contributed by atoms with van der Waals surface area (Å²) in [5.41, 5.74) is 2.87. The molecule has 1 fully saturated rings. The summed E-state index contributed by atoms with van der Waals surface area (Å²) in [6.45, 7) is 3.19. The standard InChI is InChI=1S/C19H25N3S/c1-14-7-4-5-9-16(14)17-13-18(17)21-19(20-2)22(3)11-10-15-8-6-12-23-15/h4-9,12,17-18H,10-11,13H2,1-3H3,(H,20,21). The van der Waals surface area contributed by atoms with Crippen LogP contribution >= 0.6 is 11.3 Å². The molecule has 2 atom stereocenters. The van der Waals surface area contributed by atoms with Crippen molar-refractivity contribution in [3.8, 4) is 0 Å². The molecule has 0 aliphatic heterocycles. The lowest BCUT2D eigenvalue weighted by Crippen LogP contribution is -2.41. The number of guanidine groups is 1. The zero-order valence-corrected chi connectivity index (χ0v) is 14.9. The first-order chi connectivity index (χ1) is 11.2. The minimum absolute atomic E-state index is 0.513. The van der Waals surface area contributed by atoms with Crippen LogP contribution in [0.1, 0.15) is 28.3 Å². The van der Waals surface area contributed by atoms with Crippen LogP contribution in [0.5, 0.6) is 0 Å². The highest BCUT2D eigenvalue weighted by atomic mass is 32.1. The van der Waals surface area contributed by atoms with E-state index in [1.165, 1.54) is 22.4 Å². The lowest BCUT2D eigenvalue weighted by Gasteiger charge is -2.22. The zero-order chi connectivity index (χ0) is 16.2. The van der Waals surface area contributed by atoms with Crippen molar-refractivity contribution in [1.29, 1.82) is 0 Å². The number of benzene rings is 1. The third kappa shape index (κ3) is 3.94. The summed E-state index contributed by atoms with van der Waals surface area (Å²) in [7, 11) is 3.99. The Morgan fingerprint density at radius 3 is 2.83 bits per heavy atom. The molecule has 3 nitrogen and oxygen atoms in total. The molecular weight excluding hydrogens is 302 g/mol. The fourth-order valence-corrected chi connectivity index (χ4v) is 3.75. The van der Waals surface area contributed by atoms with E-state index in [0.29, 0.717) is 12.0 Å². The van der Waals surface area contributed by atoms with Crippen LogP contribution < -0.4 is 5.32 Å². The molecule has 1 N–H and O–H groups in total. The molecule has 1 aliphatic carbocycles. The minimum Gasteiger partial charge on any atom is -0.353 e. The summed E-state index contributed by atoms with van der Waals surface area (Å²) < 4.78 is 0. The normalized spacial score (nSPS) is 20.4. The van der Waals surface area contributed by atoms with Crippen LogP contribution in [0.2, 0.25) is 0 Å². The van der Waals surface area contributed by atoms with E-state index in [-0.39, 0.29) is 0 Å². The first kappa shape index (κ1) is 16.1. The predicted octanol–water partition coefficient (Wildman–Crippen LogP) is 3.66. The number of likely N-dealkylation sites (N-methyl/N-ethyl adjacent to an activating group) is 1. The van der Waals surface area contributed by atoms with Crippen molar-refractivity contribution < 1.29 is 0 Å². The van der Waals surface area contributed by atoms with Crippen LogP contribution in [0.4, 0.5) is 0 Å². The molecule has 1 aromatic carbocycles. The van der Waals surface area contributed by atoms with E-state index < -0.39 is 0 Å². The monoisotopic (exact) mass is 327 g/mol. The summed E-state index contributed by atoms with van der Waals surface area (Å²) >= 11 is 1.82. The Kier molecular flexibility index (Phi) is 5.01. The molecule has 0 radical (unpaired) electrons. The smallest absolute Gasteiger partial charge is 0.193 e. The van der Waals surface area contributed by atoms with Gasteiger partial charge >= 0.3 is 0 Å². The van der Waals surface area contributed by atoms with E-state index in [9.17, 15) is 0 Å². The van der Waals surface area contributed by atoms with Crippen LogP contribution in [0.3, 0.4) is 0 Å². The Hall–Kier alpha value is -1.81. The average molecular weight is 327 g/mol.